The minimum atomic E-state index is -0.491. The molecule has 0 saturated carbocycles. The Balaban J connectivity index is 1.61. The number of halogens is 2. The van der Waals surface area contributed by atoms with Gasteiger partial charge in [-0.25, -0.2) is 0 Å². The third-order valence-electron chi connectivity index (χ3n) is 5.52. The Hall–Kier alpha value is -1.50. The van der Waals surface area contributed by atoms with Gasteiger partial charge in [-0.3, -0.25) is 9.59 Å². The van der Waals surface area contributed by atoms with Crippen LogP contribution in [0.5, 0.6) is 5.75 Å². The van der Waals surface area contributed by atoms with Gasteiger partial charge in [0.1, 0.15) is 18.3 Å². The van der Waals surface area contributed by atoms with E-state index in [-0.39, 0.29) is 36.1 Å². The number of piperidine rings is 1. The molecule has 0 bridgehead atoms. The van der Waals surface area contributed by atoms with Gasteiger partial charge in [-0.15, -0.1) is 0 Å². The third kappa shape index (κ3) is 2.76. The smallest absolute Gasteiger partial charge is 0.246 e. The van der Waals surface area contributed by atoms with E-state index in [4.69, 9.17) is 23.2 Å². The van der Waals surface area contributed by atoms with Gasteiger partial charge in [0.05, 0.1) is 16.1 Å². The monoisotopic (exact) mass is 383 g/mol. The normalized spacial score (nSPS) is 27.3. The first-order valence-electron chi connectivity index (χ1n) is 8.45. The maximum Gasteiger partial charge on any atom is 0.246 e. The van der Waals surface area contributed by atoms with Crippen molar-refractivity contribution in [1.82, 2.24) is 15.1 Å². The number of amides is 2. The van der Waals surface area contributed by atoms with Gasteiger partial charge in [0, 0.05) is 25.2 Å². The highest BCUT2D eigenvalue weighted by Crippen LogP contribution is 2.43. The zero-order chi connectivity index (χ0) is 17.7. The van der Waals surface area contributed by atoms with Crippen LogP contribution < -0.4 is 5.32 Å². The average molecular weight is 384 g/mol. The molecule has 2 atom stereocenters. The number of aromatic hydroxyl groups is 1. The van der Waals surface area contributed by atoms with Crippen LogP contribution in [0, 0.1) is 0 Å². The summed E-state index contributed by atoms with van der Waals surface area (Å²) in [5.74, 6) is -0.0315. The van der Waals surface area contributed by atoms with Crippen LogP contribution in [0.15, 0.2) is 12.1 Å². The summed E-state index contributed by atoms with van der Waals surface area (Å²) in [5, 5.41) is 14.1. The number of carbonyl (C=O) groups excluding carboxylic acids is 2. The Morgan fingerprint density at radius 2 is 1.92 bits per heavy atom. The minimum Gasteiger partial charge on any atom is -0.508 e. The third-order valence-corrected chi connectivity index (χ3v) is 6.33. The molecule has 6 nitrogen and oxygen atoms in total. The quantitative estimate of drug-likeness (QED) is 0.813. The molecule has 3 fully saturated rings. The molecule has 3 saturated heterocycles. The van der Waals surface area contributed by atoms with E-state index in [1.165, 1.54) is 6.07 Å². The first kappa shape index (κ1) is 16.9. The number of hydrogen-bond donors (Lipinski definition) is 2. The number of fused-ring (bicyclic) bond motifs is 1. The number of nitrogens with one attached hydrogen (secondary N) is 1. The van der Waals surface area contributed by atoms with Gasteiger partial charge in [-0.05, 0) is 30.9 Å². The second kappa shape index (κ2) is 6.34. The van der Waals surface area contributed by atoms with Gasteiger partial charge < -0.3 is 20.2 Å². The van der Waals surface area contributed by atoms with Crippen molar-refractivity contribution in [3.8, 4) is 5.75 Å². The van der Waals surface area contributed by atoms with E-state index in [0.29, 0.717) is 35.0 Å². The van der Waals surface area contributed by atoms with Gasteiger partial charge in [0.15, 0.2) is 0 Å². The van der Waals surface area contributed by atoms with Crippen molar-refractivity contribution in [3.63, 3.8) is 0 Å². The fourth-order valence-corrected chi connectivity index (χ4v) is 4.49. The van der Waals surface area contributed by atoms with Crippen LogP contribution in [0.1, 0.15) is 24.3 Å². The lowest BCUT2D eigenvalue weighted by molar-refractivity contribution is -0.161. The molecule has 3 aliphatic heterocycles. The van der Waals surface area contributed by atoms with Crippen molar-refractivity contribution in [2.75, 3.05) is 26.2 Å². The minimum absolute atomic E-state index is 0.00337. The predicted octanol–water partition coefficient (Wildman–Crippen LogP) is 1.59. The molecule has 0 aromatic heterocycles. The Labute approximate surface area is 155 Å². The molecule has 25 heavy (non-hydrogen) atoms. The first-order valence-corrected chi connectivity index (χ1v) is 9.20. The summed E-state index contributed by atoms with van der Waals surface area (Å²) in [6, 6.07) is 2.69. The summed E-state index contributed by atoms with van der Waals surface area (Å²) < 4.78 is 0. The molecule has 1 aromatic rings. The van der Waals surface area contributed by atoms with E-state index in [9.17, 15) is 14.7 Å². The lowest BCUT2D eigenvalue weighted by Crippen LogP contribution is -2.69. The maximum absolute atomic E-state index is 12.9. The molecule has 0 unspecified atom stereocenters. The second-order valence-electron chi connectivity index (χ2n) is 6.90. The fraction of sp³-hybridized carbons (Fsp3) is 0.529. The topological polar surface area (TPSA) is 72.9 Å². The highest BCUT2D eigenvalue weighted by molar-refractivity contribution is 6.42. The van der Waals surface area contributed by atoms with E-state index >= 15 is 0 Å². The summed E-state index contributed by atoms with van der Waals surface area (Å²) in [6.07, 6.45) is 1.10. The van der Waals surface area contributed by atoms with Crippen LogP contribution in [0.4, 0.5) is 0 Å². The summed E-state index contributed by atoms with van der Waals surface area (Å²) in [5.41, 5.74) is 0.580. The van der Waals surface area contributed by atoms with Crippen LogP contribution >= 0.6 is 23.2 Å². The van der Waals surface area contributed by atoms with Crippen LogP contribution in [0.3, 0.4) is 0 Å². The zero-order valence-corrected chi connectivity index (χ0v) is 15.1. The van der Waals surface area contributed by atoms with Gasteiger partial charge >= 0.3 is 0 Å². The largest absolute Gasteiger partial charge is 0.508 e. The summed E-state index contributed by atoms with van der Waals surface area (Å²) in [6.45, 7) is 2.11. The predicted molar refractivity (Wildman–Crippen MR) is 94.0 cm³/mol. The highest BCUT2D eigenvalue weighted by atomic mass is 35.5. The molecular formula is C17H19Cl2N3O3. The van der Waals surface area contributed by atoms with Crippen molar-refractivity contribution in [2.24, 2.45) is 0 Å². The molecule has 2 N–H and O–H groups in total. The van der Waals surface area contributed by atoms with Crippen molar-refractivity contribution in [3.05, 3.63) is 27.7 Å². The highest BCUT2D eigenvalue weighted by Gasteiger charge is 2.46. The molecule has 4 rings (SSSR count). The molecule has 3 heterocycles. The summed E-state index contributed by atoms with van der Waals surface area (Å²) in [4.78, 5) is 28.8. The van der Waals surface area contributed by atoms with E-state index in [1.54, 1.807) is 15.9 Å². The van der Waals surface area contributed by atoms with E-state index < -0.39 is 6.04 Å². The van der Waals surface area contributed by atoms with E-state index in [0.717, 1.165) is 13.1 Å². The average Bonchev–Trinajstić information content (AvgIpc) is 2.54. The molecular weight excluding hydrogens is 365 g/mol. The Bertz CT molecular complexity index is 738. The van der Waals surface area contributed by atoms with Crippen LogP contribution in [0.2, 0.25) is 10.0 Å². The number of phenolic OH excluding ortho intramolecular Hbond substituents is 1. The number of carbonyl (C=O) groups is 2. The number of nitrogens with zero attached hydrogens (tertiary/aromatic N) is 2. The Morgan fingerprint density at radius 1 is 1.16 bits per heavy atom. The SMILES string of the molecule is O=C1[C@@H]2C[C@H](c3c(O)ccc(Cl)c3Cl)CCN2C(=O)CN1C1CNC1. The molecule has 0 aliphatic carbocycles. The molecule has 1 aromatic carbocycles. The maximum atomic E-state index is 12.9. The van der Waals surface area contributed by atoms with Crippen molar-refractivity contribution in [1.29, 1.82) is 0 Å². The van der Waals surface area contributed by atoms with Gasteiger partial charge in [0.2, 0.25) is 11.8 Å². The number of rotatable bonds is 2. The zero-order valence-electron chi connectivity index (χ0n) is 13.5. The lowest BCUT2D eigenvalue weighted by Gasteiger charge is -2.49. The number of piperazine rings is 1. The standard InChI is InChI=1S/C17H19Cl2N3O3/c18-11-1-2-13(23)15(16(11)19)9-3-4-21-12(5-9)17(25)22(8-14(21)24)10-6-20-7-10/h1-2,9-10,12,20,23H,3-8H2/t9-,12+/m1/s1. The van der Waals surface area contributed by atoms with Crippen molar-refractivity contribution in [2.45, 2.75) is 30.8 Å². The number of phenols is 1. The number of hydrogen-bond acceptors (Lipinski definition) is 4. The van der Waals surface area contributed by atoms with Gasteiger partial charge in [-0.2, -0.15) is 0 Å². The Kier molecular flexibility index (Phi) is 4.30. The molecule has 2 amide bonds. The second-order valence-corrected chi connectivity index (χ2v) is 7.68. The van der Waals surface area contributed by atoms with Crippen LogP contribution in [0.25, 0.3) is 0 Å². The van der Waals surface area contributed by atoms with Gasteiger partial charge in [-0.1, -0.05) is 23.2 Å². The number of benzene rings is 1. The van der Waals surface area contributed by atoms with Crippen LogP contribution in [-0.4, -0.2) is 65.0 Å². The van der Waals surface area contributed by atoms with E-state index in [1.807, 2.05) is 0 Å². The molecule has 0 radical (unpaired) electrons. The van der Waals surface area contributed by atoms with E-state index in [2.05, 4.69) is 5.32 Å². The summed E-state index contributed by atoms with van der Waals surface area (Å²) >= 11 is 12.4. The Morgan fingerprint density at radius 3 is 2.60 bits per heavy atom. The van der Waals surface area contributed by atoms with Gasteiger partial charge in [0.25, 0.3) is 0 Å². The fourth-order valence-electron chi connectivity index (χ4n) is 4.01. The van der Waals surface area contributed by atoms with Crippen molar-refractivity contribution < 1.29 is 14.7 Å². The summed E-state index contributed by atoms with van der Waals surface area (Å²) in [7, 11) is 0. The molecule has 134 valence electrons. The molecule has 0 spiro atoms. The van der Waals surface area contributed by atoms with Crippen LogP contribution in [-0.2, 0) is 9.59 Å². The molecule has 8 heteroatoms. The van der Waals surface area contributed by atoms with Crippen molar-refractivity contribution >= 4 is 35.0 Å². The first-order chi connectivity index (χ1) is 12.0. The lowest BCUT2D eigenvalue weighted by atomic mass is 9.83. The molecule has 3 aliphatic rings.